The third-order valence-electron chi connectivity index (χ3n) is 3.43. The number of benzene rings is 1. The van der Waals surface area contributed by atoms with Crippen molar-refractivity contribution in [1.29, 1.82) is 0 Å². The average molecular weight is 277 g/mol. The van der Waals surface area contributed by atoms with Crippen LogP contribution in [0.1, 0.15) is 38.6 Å². The highest BCUT2D eigenvalue weighted by atomic mass is 16.5. The quantitative estimate of drug-likeness (QED) is 0.882. The van der Waals surface area contributed by atoms with E-state index in [0.29, 0.717) is 11.5 Å². The Morgan fingerprint density at radius 2 is 1.90 bits per heavy atom. The number of fused-ring (bicyclic) bond motifs is 1. The van der Waals surface area contributed by atoms with Crippen LogP contribution in [0.15, 0.2) is 12.1 Å². The summed E-state index contributed by atoms with van der Waals surface area (Å²) in [6.45, 7) is 5.05. The zero-order chi connectivity index (χ0) is 14.7. The summed E-state index contributed by atoms with van der Waals surface area (Å²) >= 11 is 0. The van der Waals surface area contributed by atoms with E-state index in [1.165, 1.54) is 0 Å². The molecule has 2 aromatic rings. The smallest absolute Gasteiger partial charge is 0.163 e. The molecule has 0 saturated carbocycles. The number of ether oxygens (including phenoxy) is 2. The highest BCUT2D eigenvalue weighted by Gasteiger charge is 2.16. The van der Waals surface area contributed by atoms with Crippen molar-refractivity contribution in [2.75, 3.05) is 14.2 Å². The Hall–Kier alpha value is -1.75. The van der Waals surface area contributed by atoms with E-state index in [2.05, 4.69) is 16.5 Å². The van der Waals surface area contributed by atoms with E-state index in [4.69, 9.17) is 15.2 Å². The van der Waals surface area contributed by atoms with Gasteiger partial charge in [0, 0.05) is 18.7 Å². The molecule has 5 nitrogen and oxygen atoms in total. The van der Waals surface area contributed by atoms with Crippen LogP contribution in [-0.4, -0.2) is 23.8 Å². The van der Waals surface area contributed by atoms with Gasteiger partial charge in [0.05, 0.1) is 31.3 Å². The summed E-state index contributed by atoms with van der Waals surface area (Å²) in [6, 6.07) is 3.78. The Labute approximate surface area is 119 Å². The fourth-order valence-corrected chi connectivity index (χ4v) is 2.37. The zero-order valence-corrected chi connectivity index (χ0v) is 12.6. The van der Waals surface area contributed by atoms with E-state index in [0.717, 1.165) is 36.2 Å². The van der Waals surface area contributed by atoms with Crippen molar-refractivity contribution < 1.29 is 9.47 Å². The summed E-state index contributed by atoms with van der Waals surface area (Å²) in [5, 5.41) is 0. The van der Waals surface area contributed by atoms with Gasteiger partial charge < -0.3 is 19.8 Å². The van der Waals surface area contributed by atoms with Crippen LogP contribution >= 0.6 is 0 Å². The standard InChI is InChI=1S/C15H23N3O2/c1-5-6-7-18-12-9-14(20-4)13(19-3)8-11(12)17-15(18)10(2)16/h8-10H,5-7,16H2,1-4H3. The molecular weight excluding hydrogens is 254 g/mol. The maximum absolute atomic E-state index is 6.05. The SMILES string of the molecule is CCCCn1c(C(C)N)nc2cc(OC)c(OC)cc21. The maximum atomic E-state index is 6.05. The van der Waals surface area contributed by atoms with Gasteiger partial charge in [-0.1, -0.05) is 13.3 Å². The van der Waals surface area contributed by atoms with Crippen molar-refractivity contribution in [3.63, 3.8) is 0 Å². The van der Waals surface area contributed by atoms with Gasteiger partial charge in [-0.15, -0.1) is 0 Å². The summed E-state index contributed by atoms with van der Waals surface area (Å²) in [6.07, 6.45) is 2.23. The number of hydrogen-bond donors (Lipinski definition) is 1. The Bertz CT molecular complexity index is 590. The van der Waals surface area contributed by atoms with Crippen LogP contribution in [-0.2, 0) is 6.54 Å². The number of rotatable bonds is 6. The predicted molar refractivity (Wildman–Crippen MR) is 80.3 cm³/mol. The molecule has 0 saturated heterocycles. The zero-order valence-electron chi connectivity index (χ0n) is 12.6. The molecule has 0 fully saturated rings. The molecule has 0 bridgehead atoms. The second kappa shape index (κ2) is 6.13. The monoisotopic (exact) mass is 277 g/mol. The largest absolute Gasteiger partial charge is 0.493 e. The van der Waals surface area contributed by atoms with Gasteiger partial charge >= 0.3 is 0 Å². The van der Waals surface area contributed by atoms with E-state index >= 15 is 0 Å². The minimum absolute atomic E-state index is 0.101. The maximum Gasteiger partial charge on any atom is 0.163 e. The Kier molecular flexibility index (Phi) is 4.49. The third-order valence-corrected chi connectivity index (χ3v) is 3.43. The molecule has 1 aromatic heterocycles. The molecule has 2 N–H and O–H groups in total. The van der Waals surface area contributed by atoms with Gasteiger partial charge in [-0.05, 0) is 13.3 Å². The molecule has 0 radical (unpaired) electrons. The van der Waals surface area contributed by atoms with E-state index in [9.17, 15) is 0 Å². The number of unbranched alkanes of at least 4 members (excludes halogenated alkanes) is 1. The number of nitrogens with two attached hydrogens (primary N) is 1. The second-order valence-electron chi connectivity index (χ2n) is 4.96. The lowest BCUT2D eigenvalue weighted by Crippen LogP contribution is -2.13. The van der Waals surface area contributed by atoms with Gasteiger partial charge in [-0.2, -0.15) is 0 Å². The molecular formula is C15H23N3O2. The molecule has 2 rings (SSSR count). The number of aryl methyl sites for hydroxylation is 1. The summed E-state index contributed by atoms with van der Waals surface area (Å²) in [5.74, 6) is 2.31. The van der Waals surface area contributed by atoms with Gasteiger partial charge in [0.1, 0.15) is 5.82 Å². The first-order chi connectivity index (χ1) is 9.62. The first-order valence-electron chi connectivity index (χ1n) is 7.00. The lowest BCUT2D eigenvalue weighted by Gasteiger charge is -2.12. The highest BCUT2D eigenvalue weighted by molar-refractivity contribution is 5.80. The molecule has 0 spiro atoms. The molecule has 1 aromatic carbocycles. The van der Waals surface area contributed by atoms with Crippen molar-refractivity contribution in [1.82, 2.24) is 9.55 Å². The van der Waals surface area contributed by atoms with Crippen LogP contribution in [0.25, 0.3) is 11.0 Å². The summed E-state index contributed by atoms with van der Waals surface area (Å²) < 4.78 is 12.9. The molecule has 1 unspecified atom stereocenters. The fraction of sp³-hybridized carbons (Fsp3) is 0.533. The topological polar surface area (TPSA) is 62.3 Å². The minimum Gasteiger partial charge on any atom is -0.493 e. The summed E-state index contributed by atoms with van der Waals surface area (Å²) in [5.41, 5.74) is 7.98. The lowest BCUT2D eigenvalue weighted by atomic mass is 10.2. The first kappa shape index (κ1) is 14.7. The molecule has 1 atom stereocenters. The molecule has 1 heterocycles. The van der Waals surface area contributed by atoms with Crippen LogP contribution in [0.4, 0.5) is 0 Å². The van der Waals surface area contributed by atoms with Crippen molar-refractivity contribution >= 4 is 11.0 Å². The van der Waals surface area contributed by atoms with Gasteiger partial charge in [0.25, 0.3) is 0 Å². The van der Waals surface area contributed by atoms with Crippen LogP contribution < -0.4 is 15.2 Å². The summed E-state index contributed by atoms with van der Waals surface area (Å²) in [4.78, 5) is 4.65. The lowest BCUT2D eigenvalue weighted by molar-refractivity contribution is 0.355. The van der Waals surface area contributed by atoms with Gasteiger partial charge in [0.15, 0.2) is 11.5 Å². The van der Waals surface area contributed by atoms with Crippen molar-refractivity contribution in [2.24, 2.45) is 5.73 Å². The van der Waals surface area contributed by atoms with Gasteiger partial charge in [0.2, 0.25) is 0 Å². The van der Waals surface area contributed by atoms with Crippen LogP contribution in [0.3, 0.4) is 0 Å². The third kappa shape index (κ3) is 2.58. The number of nitrogens with zero attached hydrogens (tertiary/aromatic N) is 2. The number of imidazole rings is 1. The molecule has 5 heteroatoms. The molecule has 20 heavy (non-hydrogen) atoms. The predicted octanol–water partition coefficient (Wildman–Crippen LogP) is 2.87. The molecule has 0 amide bonds. The van der Waals surface area contributed by atoms with Crippen LogP contribution in [0, 0.1) is 0 Å². The van der Waals surface area contributed by atoms with E-state index in [-0.39, 0.29) is 6.04 Å². The number of methoxy groups -OCH3 is 2. The van der Waals surface area contributed by atoms with Crippen LogP contribution in [0.2, 0.25) is 0 Å². The van der Waals surface area contributed by atoms with Crippen LogP contribution in [0.5, 0.6) is 11.5 Å². The summed E-state index contributed by atoms with van der Waals surface area (Å²) in [7, 11) is 3.27. The van der Waals surface area contributed by atoms with Crippen molar-refractivity contribution in [2.45, 2.75) is 39.3 Å². The Balaban J connectivity index is 2.62. The highest BCUT2D eigenvalue weighted by Crippen LogP contribution is 2.33. The van der Waals surface area contributed by atoms with Gasteiger partial charge in [-0.25, -0.2) is 4.98 Å². The Morgan fingerprint density at radius 1 is 1.25 bits per heavy atom. The molecule has 0 aliphatic heterocycles. The van der Waals surface area contributed by atoms with Gasteiger partial charge in [-0.3, -0.25) is 0 Å². The van der Waals surface area contributed by atoms with Crippen molar-refractivity contribution in [3.8, 4) is 11.5 Å². The molecule has 0 aliphatic carbocycles. The van der Waals surface area contributed by atoms with E-state index < -0.39 is 0 Å². The fourth-order valence-electron chi connectivity index (χ4n) is 2.37. The molecule has 0 aliphatic rings. The molecule has 110 valence electrons. The first-order valence-corrected chi connectivity index (χ1v) is 7.00. The Morgan fingerprint density at radius 3 is 2.45 bits per heavy atom. The number of hydrogen-bond acceptors (Lipinski definition) is 4. The van der Waals surface area contributed by atoms with E-state index in [1.807, 2.05) is 19.1 Å². The average Bonchev–Trinajstić information content (AvgIpc) is 2.81. The van der Waals surface area contributed by atoms with Crippen molar-refractivity contribution in [3.05, 3.63) is 18.0 Å². The number of aromatic nitrogens is 2. The van der Waals surface area contributed by atoms with E-state index in [1.54, 1.807) is 14.2 Å². The minimum atomic E-state index is -0.101. The second-order valence-corrected chi connectivity index (χ2v) is 4.96. The normalized spacial score (nSPS) is 12.7.